The van der Waals surface area contributed by atoms with E-state index in [2.05, 4.69) is 0 Å². The van der Waals surface area contributed by atoms with Crippen LogP contribution in [0.15, 0.2) is 18.2 Å². The molecule has 0 aliphatic carbocycles. The Balaban J connectivity index is 1.81. The van der Waals surface area contributed by atoms with Crippen LogP contribution in [0.25, 0.3) is 0 Å². The fraction of sp³-hybridized carbons (Fsp3) is 0.600. The van der Waals surface area contributed by atoms with Crippen LogP contribution < -0.4 is 15.2 Å². The number of ether oxygens (including phenoxy) is 3. The third kappa shape index (κ3) is 2.55. The number of fused-ring (bicyclic) bond motifs is 1. The summed E-state index contributed by atoms with van der Waals surface area (Å²) in [4.78, 5) is 0. The number of nitrogens with two attached hydrogens (primary N) is 1. The van der Waals surface area contributed by atoms with Gasteiger partial charge in [0.05, 0.1) is 7.11 Å². The molecule has 0 saturated carbocycles. The smallest absolute Gasteiger partial charge is 0.128 e. The first-order valence-corrected chi connectivity index (χ1v) is 6.96. The van der Waals surface area contributed by atoms with Gasteiger partial charge in [0.15, 0.2) is 0 Å². The highest BCUT2D eigenvalue weighted by atomic mass is 16.5. The second kappa shape index (κ2) is 5.39. The first-order valence-electron chi connectivity index (χ1n) is 6.96. The van der Waals surface area contributed by atoms with Crippen LogP contribution in [0.2, 0.25) is 0 Å². The highest BCUT2D eigenvalue weighted by Crippen LogP contribution is 2.39. The second-order valence-electron chi connectivity index (χ2n) is 5.35. The molecule has 2 aliphatic heterocycles. The molecule has 0 bridgehead atoms. The minimum absolute atomic E-state index is 0.0579. The summed E-state index contributed by atoms with van der Waals surface area (Å²) in [5.41, 5.74) is 7.37. The number of methoxy groups -OCH3 is 1. The van der Waals surface area contributed by atoms with Gasteiger partial charge in [0.1, 0.15) is 17.6 Å². The number of rotatable bonds is 2. The maximum Gasteiger partial charge on any atom is 0.128 e. The van der Waals surface area contributed by atoms with Crippen LogP contribution in [0, 0.1) is 5.92 Å². The predicted molar refractivity (Wildman–Crippen MR) is 72.5 cm³/mol. The zero-order valence-corrected chi connectivity index (χ0v) is 11.3. The zero-order valence-electron chi connectivity index (χ0n) is 11.3. The molecule has 1 aromatic carbocycles. The van der Waals surface area contributed by atoms with E-state index in [1.165, 1.54) is 0 Å². The minimum Gasteiger partial charge on any atom is -0.497 e. The molecule has 2 N–H and O–H groups in total. The van der Waals surface area contributed by atoms with E-state index >= 15 is 0 Å². The van der Waals surface area contributed by atoms with Crippen molar-refractivity contribution in [2.75, 3.05) is 20.3 Å². The topological polar surface area (TPSA) is 53.7 Å². The predicted octanol–water partition coefficient (Wildman–Crippen LogP) is 2.27. The van der Waals surface area contributed by atoms with E-state index in [9.17, 15) is 0 Å². The minimum atomic E-state index is 0.0579. The molecule has 4 heteroatoms. The molecule has 104 valence electrons. The van der Waals surface area contributed by atoms with Gasteiger partial charge in [-0.1, -0.05) is 6.07 Å². The van der Waals surface area contributed by atoms with Gasteiger partial charge in [-0.05, 0) is 18.9 Å². The van der Waals surface area contributed by atoms with E-state index in [4.69, 9.17) is 19.9 Å². The van der Waals surface area contributed by atoms with Gasteiger partial charge in [0.2, 0.25) is 0 Å². The summed E-state index contributed by atoms with van der Waals surface area (Å²) in [5.74, 6) is 2.26. The van der Waals surface area contributed by atoms with Crippen molar-refractivity contribution >= 4 is 0 Å². The zero-order chi connectivity index (χ0) is 13.2. The van der Waals surface area contributed by atoms with Crippen molar-refractivity contribution in [3.63, 3.8) is 0 Å². The summed E-state index contributed by atoms with van der Waals surface area (Å²) in [6.07, 6.45) is 3.23. The molecule has 0 radical (unpaired) electrons. The average molecular weight is 263 g/mol. The van der Waals surface area contributed by atoms with Gasteiger partial charge < -0.3 is 19.9 Å². The van der Waals surface area contributed by atoms with Gasteiger partial charge in [-0.3, -0.25) is 0 Å². The van der Waals surface area contributed by atoms with Crippen molar-refractivity contribution in [1.82, 2.24) is 0 Å². The number of hydrogen-bond donors (Lipinski definition) is 1. The SMILES string of the molecule is COc1ccc2c(c1)OC(C1CCOCC1)C[C@H]2N. The van der Waals surface area contributed by atoms with E-state index in [0.717, 1.165) is 49.5 Å². The van der Waals surface area contributed by atoms with Crippen molar-refractivity contribution in [3.05, 3.63) is 23.8 Å². The van der Waals surface area contributed by atoms with Crippen molar-refractivity contribution in [2.45, 2.75) is 31.4 Å². The molecule has 3 rings (SSSR count). The molecule has 2 heterocycles. The Morgan fingerprint density at radius 2 is 2.05 bits per heavy atom. The Kier molecular flexibility index (Phi) is 3.62. The molecule has 1 fully saturated rings. The molecular formula is C15H21NO3. The van der Waals surface area contributed by atoms with Gasteiger partial charge >= 0.3 is 0 Å². The van der Waals surface area contributed by atoms with Gasteiger partial charge in [-0.2, -0.15) is 0 Å². The lowest BCUT2D eigenvalue weighted by Crippen LogP contribution is -2.37. The standard InChI is InChI=1S/C15H21NO3/c1-17-11-2-3-12-13(16)9-14(19-15(12)8-11)10-4-6-18-7-5-10/h2-3,8,10,13-14H,4-7,9,16H2,1H3/t13-,14?/m1/s1. The van der Waals surface area contributed by atoms with Gasteiger partial charge in [-0.15, -0.1) is 0 Å². The molecule has 0 amide bonds. The molecule has 4 nitrogen and oxygen atoms in total. The lowest BCUT2D eigenvalue weighted by Gasteiger charge is -2.36. The summed E-state index contributed by atoms with van der Waals surface area (Å²) in [5, 5.41) is 0. The summed E-state index contributed by atoms with van der Waals surface area (Å²) in [6.45, 7) is 1.68. The van der Waals surface area contributed by atoms with Gasteiger partial charge in [0.25, 0.3) is 0 Å². The van der Waals surface area contributed by atoms with Crippen LogP contribution in [0.5, 0.6) is 11.5 Å². The third-order valence-corrected chi connectivity index (χ3v) is 4.18. The molecule has 2 atom stereocenters. The number of hydrogen-bond acceptors (Lipinski definition) is 4. The van der Waals surface area contributed by atoms with Crippen molar-refractivity contribution in [1.29, 1.82) is 0 Å². The van der Waals surface area contributed by atoms with E-state index < -0.39 is 0 Å². The average Bonchev–Trinajstić information content (AvgIpc) is 2.47. The first-order chi connectivity index (χ1) is 9.28. The Morgan fingerprint density at radius 3 is 2.79 bits per heavy atom. The lowest BCUT2D eigenvalue weighted by molar-refractivity contribution is 0.00722. The fourth-order valence-corrected chi connectivity index (χ4v) is 3.01. The van der Waals surface area contributed by atoms with Crippen LogP contribution in [-0.4, -0.2) is 26.4 Å². The van der Waals surface area contributed by atoms with Crippen LogP contribution in [0.3, 0.4) is 0 Å². The lowest BCUT2D eigenvalue weighted by atomic mass is 9.86. The molecule has 1 saturated heterocycles. The van der Waals surface area contributed by atoms with Gasteiger partial charge in [-0.25, -0.2) is 0 Å². The van der Waals surface area contributed by atoms with Gasteiger partial charge in [0, 0.05) is 43.2 Å². The van der Waals surface area contributed by atoms with E-state index in [-0.39, 0.29) is 12.1 Å². The van der Waals surface area contributed by atoms with E-state index in [1.807, 2.05) is 18.2 Å². The molecule has 2 aliphatic rings. The Morgan fingerprint density at radius 1 is 1.26 bits per heavy atom. The highest BCUT2D eigenvalue weighted by Gasteiger charge is 2.32. The molecule has 19 heavy (non-hydrogen) atoms. The highest BCUT2D eigenvalue weighted by molar-refractivity contribution is 5.43. The molecule has 0 spiro atoms. The molecule has 1 aromatic rings. The van der Waals surface area contributed by atoms with Crippen molar-refractivity contribution in [3.8, 4) is 11.5 Å². The van der Waals surface area contributed by atoms with E-state index in [0.29, 0.717) is 5.92 Å². The Bertz CT molecular complexity index is 443. The Labute approximate surface area is 113 Å². The first kappa shape index (κ1) is 12.8. The summed E-state index contributed by atoms with van der Waals surface area (Å²) in [7, 11) is 1.67. The molecule has 0 aromatic heterocycles. The monoisotopic (exact) mass is 263 g/mol. The van der Waals surface area contributed by atoms with Crippen molar-refractivity contribution < 1.29 is 14.2 Å². The van der Waals surface area contributed by atoms with Crippen LogP contribution in [0.1, 0.15) is 30.9 Å². The largest absolute Gasteiger partial charge is 0.497 e. The summed E-state index contributed by atoms with van der Waals surface area (Å²) in [6, 6.07) is 5.96. The quantitative estimate of drug-likeness (QED) is 0.889. The summed E-state index contributed by atoms with van der Waals surface area (Å²) >= 11 is 0. The molecule has 1 unspecified atom stereocenters. The summed E-state index contributed by atoms with van der Waals surface area (Å²) < 4.78 is 16.8. The van der Waals surface area contributed by atoms with Crippen molar-refractivity contribution in [2.24, 2.45) is 11.7 Å². The van der Waals surface area contributed by atoms with Crippen LogP contribution in [-0.2, 0) is 4.74 Å². The Hall–Kier alpha value is -1.26. The third-order valence-electron chi connectivity index (χ3n) is 4.18. The second-order valence-corrected chi connectivity index (χ2v) is 5.35. The van der Waals surface area contributed by atoms with Crippen LogP contribution in [0.4, 0.5) is 0 Å². The van der Waals surface area contributed by atoms with E-state index in [1.54, 1.807) is 7.11 Å². The normalized spacial score (nSPS) is 27.5. The maximum absolute atomic E-state index is 6.28. The molecular weight excluding hydrogens is 242 g/mol. The van der Waals surface area contributed by atoms with Crippen LogP contribution >= 0.6 is 0 Å². The maximum atomic E-state index is 6.28. The fourth-order valence-electron chi connectivity index (χ4n) is 3.01. The number of benzene rings is 1.